The molecule has 0 saturated carbocycles. The summed E-state index contributed by atoms with van der Waals surface area (Å²) in [6.45, 7) is 5.85. The fourth-order valence-electron chi connectivity index (χ4n) is 4.19. The molecule has 10 heteroatoms. The number of aromatic hydroxyl groups is 1. The fourth-order valence-corrected chi connectivity index (χ4v) is 4.19. The molecule has 2 aromatic rings. The van der Waals surface area contributed by atoms with Gasteiger partial charge >= 0.3 is 0 Å². The van der Waals surface area contributed by atoms with Crippen molar-refractivity contribution in [3.63, 3.8) is 0 Å². The minimum absolute atomic E-state index is 0.0342. The van der Waals surface area contributed by atoms with Crippen LogP contribution in [-0.4, -0.2) is 45.3 Å². The van der Waals surface area contributed by atoms with Crippen LogP contribution >= 0.6 is 0 Å². The minimum Gasteiger partial charge on any atom is -0.503 e. The number of nitrogens with one attached hydrogen (secondary N) is 1. The lowest BCUT2D eigenvalue weighted by molar-refractivity contribution is 0.00428. The summed E-state index contributed by atoms with van der Waals surface area (Å²) in [6, 6.07) is 1.88. The van der Waals surface area contributed by atoms with Crippen LogP contribution in [-0.2, 0) is 11.3 Å². The summed E-state index contributed by atoms with van der Waals surface area (Å²) in [4.78, 5) is 40.0. The maximum absolute atomic E-state index is 14.0. The predicted octanol–water partition coefficient (Wildman–Crippen LogP) is 2.16. The van der Waals surface area contributed by atoms with Crippen molar-refractivity contribution in [1.82, 2.24) is 14.8 Å². The molecule has 3 atom stereocenters. The van der Waals surface area contributed by atoms with E-state index in [1.165, 1.54) is 28.7 Å². The highest BCUT2D eigenvalue weighted by molar-refractivity contribution is 5.99. The van der Waals surface area contributed by atoms with E-state index in [-0.39, 0.29) is 29.8 Å². The fraction of sp³-hybridized carbons (Fsp3) is 0.409. The molecule has 170 valence electrons. The van der Waals surface area contributed by atoms with Crippen molar-refractivity contribution in [1.29, 1.82) is 0 Å². The topological polar surface area (TPSA) is 101 Å². The van der Waals surface area contributed by atoms with Crippen molar-refractivity contribution in [2.45, 2.75) is 45.6 Å². The molecule has 0 aliphatic carbocycles. The number of carbonyl (C=O) groups is 2. The van der Waals surface area contributed by atoms with Crippen LogP contribution in [0.25, 0.3) is 0 Å². The molecule has 2 N–H and O–H groups in total. The van der Waals surface area contributed by atoms with Gasteiger partial charge in [0, 0.05) is 17.8 Å². The zero-order valence-electron chi connectivity index (χ0n) is 17.8. The lowest BCUT2D eigenvalue weighted by Gasteiger charge is -2.35. The van der Waals surface area contributed by atoms with Crippen LogP contribution < -0.4 is 10.7 Å². The summed E-state index contributed by atoms with van der Waals surface area (Å²) >= 11 is 0. The molecule has 0 bridgehead atoms. The van der Waals surface area contributed by atoms with Crippen LogP contribution in [0.4, 0.5) is 8.78 Å². The Morgan fingerprint density at radius 1 is 1.25 bits per heavy atom. The number of hydrogen-bond acceptors (Lipinski definition) is 5. The summed E-state index contributed by atoms with van der Waals surface area (Å²) in [5.74, 6) is -3.71. The first-order valence-corrected chi connectivity index (χ1v) is 10.3. The molecule has 2 amide bonds. The van der Waals surface area contributed by atoms with Gasteiger partial charge in [-0.25, -0.2) is 8.78 Å². The molecule has 4 rings (SSSR count). The van der Waals surface area contributed by atoms with E-state index < -0.39 is 52.5 Å². The van der Waals surface area contributed by atoms with Gasteiger partial charge in [0.15, 0.2) is 17.7 Å². The van der Waals surface area contributed by atoms with Gasteiger partial charge in [0.1, 0.15) is 17.2 Å². The molecule has 0 spiro atoms. The lowest BCUT2D eigenvalue weighted by atomic mass is 10.0. The van der Waals surface area contributed by atoms with Gasteiger partial charge in [0.2, 0.25) is 5.43 Å². The number of halogens is 2. The maximum Gasteiger partial charge on any atom is 0.276 e. The number of benzene rings is 1. The van der Waals surface area contributed by atoms with E-state index in [9.17, 15) is 28.3 Å². The zero-order valence-corrected chi connectivity index (χ0v) is 17.8. The second-order valence-corrected chi connectivity index (χ2v) is 8.39. The van der Waals surface area contributed by atoms with Crippen LogP contribution in [0.1, 0.15) is 53.2 Å². The minimum atomic E-state index is -1.01. The second-order valence-electron chi connectivity index (χ2n) is 8.39. The highest BCUT2D eigenvalue weighted by atomic mass is 19.1. The quantitative estimate of drug-likeness (QED) is 0.748. The molecule has 1 fully saturated rings. The Labute approximate surface area is 182 Å². The van der Waals surface area contributed by atoms with Crippen molar-refractivity contribution in [2.75, 3.05) is 6.61 Å². The van der Waals surface area contributed by atoms with Crippen LogP contribution in [0.2, 0.25) is 0 Å². The van der Waals surface area contributed by atoms with Gasteiger partial charge in [-0.3, -0.25) is 14.4 Å². The molecular weight excluding hydrogens is 424 g/mol. The maximum atomic E-state index is 14.0. The molecule has 32 heavy (non-hydrogen) atoms. The standard InChI is InChI=1S/C22H23F2N3O5/c1-10(2)16-9-32-17-8-26-7-14(19(28)20(29)18(26)22(31)27(16)17)21(30)25-11(3)13-5-4-12(23)6-15(13)24/h4-7,10-11,16-17,29H,8-9H2,1-3H3,(H,25,30)/t11?,16-,17-/m1/s1. The number of nitrogens with zero attached hydrogens (tertiary/aromatic N) is 2. The van der Waals surface area contributed by atoms with Gasteiger partial charge in [-0.15, -0.1) is 0 Å². The van der Waals surface area contributed by atoms with Crippen LogP contribution in [0.15, 0.2) is 29.2 Å². The van der Waals surface area contributed by atoms with E-state index in [0.717, 1.165) is 6.07 Å². The summed E-state index contributed by atoms with van der Waals surface area (Å²) in [5, 5.41) is 13.0. The molecule has 1 aromatic carbocycles. The molecule has 2 aliphatic heterocycles. The van der Waals surface area contributed by atoms with Gasteiger partial charge < -0.3 is 24.6 Å². The smallest absolute Gasteiger partial charge is 0.276 e. The summed E-state index contributed by atoms with van der Waals surface area (Å²) < 4.78 is 34.2. The van der Waals surface area contributed by atoms with Crippen molar-refractivity contribution < 1.29 is 28.2 Å². The van der Waals surface area contributed by atoms with Crippen LogP contribution in [0, 0.1) is 17.6 Å². The van der Waals surface area contributed by atoms with Crippen molar-refractivity contribution >= 4 is 11.8 Å². The number of rotatable bonds is 4. The van der Waals surface area contributed by atoms with Crippen molar-refractivity contribution in [3.05, 3.63) is 63.1 Å². The number of hydrogen-bond donors (Lipinski definition) is 2. The van der Waals surface area contributed by atoms with Gasteiger partial charge in [-0.2, -0.15) is 0 Å². The average Bonchev–Trinajstić information content (AvgIpc) is 3.15. The highest BCUT2D eigenvalue weighted by Gasteiger charge is 2.45. The Balaban J connectivity index is 1.65. The molecule has 1 unspecified atom stereocenters. The highest BCUT2D eigenvalue weighted by Crippen LogP contribution is 2.32. The molecular formula is C22H23F2N3O5. The number of amides is 2. The van der Waals surface area contributed by atoms with Crippen LogP contribution in [0.3, 0.4) is 0 Å². The summed E-state index contributed by atoms with van der Waals surface area (Å²) in [5.41, 5.74) is -1.57. The van der Waals surface area contributed by atoms with Gasteiger partial charge in [-0.05, 0) is 18.9 Å². The largest absolute Gasteiger partial charge is 0.503 e. The number of aromatic nitrogens is 1. The number of pyridine rings is 1. The summed E-state index contributed by atoms with van der Waals surface area (Å²) in [7, 11) is 0. The lowest BCUT2D eigenvalue weighted by Crippen LogP contribution is -2.51. The Bertz CT molecular complexity index is 1160. The molecule has 1 aromatic heterocycles. The van der Waals surface area contributed by atoms with Gasteiger partial charge in [0.05, 0.1) is 25.2 Å². The third kappa shape index (κ3) is 3.54. The second kappa shape index (κ2) is 8.01. The normalized spacial score (nSPS) is 20.8. The molecule has 3 heterocycles. The average molecular weight is 447 g/mol. The van der Waals surface area contributed by atoms with Crippen molar-refractivity contribution in [2.24, 2.45) is 5.92 Å². The van der Waals surface area contributed by atoms with E-state index in [1.807, 2.05) is 13.8 Å². The first kappa shape index (κ1) is 21.9. The third-order valence-electron chi connectivity index (χ3n) is 5.96. The predicted molar refractivity (Wildman–Crippen MR) is 109 cm³/mol. The molecule has 1 saturated heterocycles. The number of fused-ring (bicyclic) bond motifs is 2. The van der Waals surface area contributed by atoms with Crippen LogP contribution in [0.5, 0.6) is 5.75 Å². The third-order valence-corrected chi connectivity index (χ3v) is 5.96. The number of carbonyl (C=O) groups excluding carboxylic acids is 2. The summed E-state index contributed by atoms with van der Waals surface area (Å²) in [6.07, 6.45) is 0.620. The van der Waals surface area contributed by atoms with E-state index >= 15 is 0 Å². The van der Waals surface area contributed by atoms with Gasteiger partial charge in [0.25, 0.3) is 11.8 Å². The number of ether oxygens (including phenoxy) is 1. The molecule has 2 aliphatic rings. The van der Waals surface area contributed by atoms with E-state index in [4.69, 9.17) is 4.74 Å². The first-order chi connectivity index (χ1) is 15.1. The van der Waals surface area contributed by atoms with Crippen molar-refractivity contribution in [3.8, 4) is 5.75 Å². The van der Waals surface area contributed by atoms with Gasteiger partial charge in [-0.1, -0.05) is 19.9 Å². The molecule has 8 nitrogen and oxygen atoms in total. The zero-order chi connectivity index (χ0) is 23.3. The first-order valence-electron chi connectivity index (χ1n) is 10.3. The van der Waals surface area contributed by atoms with E-state index in [2.05, 4.69) is 5.32 Å². The Morgan fingerprint density at radius 3 is 2.62 bits per heavy atom. The van der Waals surface area contributed by atoms with E-state index in [1.54, 1.807) is 0 Å². The SMILES string of the molecule is CC(NC(=O)c1cn2c(c(O)c1=O)C(=O)N1[C@@H](C(C)C)CO[C@@H]1C2)c1ccc(F)cc1F. The Kier molecular flexibility index (Phi) is 5.49. The Hall–Kier alpha value is -3.27. The molecule has 0 radical (unpaired) electrons. The Morgan fingerprint density at radius 2 is 1.97 bits per heavy atom. The monoisotopic (exact) mass is 447 g/mol. The van der Waals surface area contributed by atoms with E-state index in [0.29, 0.717) is 12.7 Å².